The molecular weight excluding hydrogens is 482 g/mol. The van der Waals surface area contributed by atoms with Gasteiger partial charge in [-0.15, -0.1) is 0 Å². The van der Waals surface area contributed by atoms with Gasteiger partial charge in [0.2, 0.25) is 0 Å². The van der Waals surface area contributed by atoms with Crippen LogP contribution in [0.25, 0.3) is 5.57 Å². The first kappa shape index (κ1) is 25.3. The maximum atomic E-state index is 14.0. The molecule has 5 heteroatoms. The molecule has 190 valence electrons. The van der Waals surface area contributed by atoms with Crippen molar-refractivity contribution >= 4 is 17.1 Å². The summed E-state index contributed by atoms with van der Waals surface area (Å²) in [4.78, 5) is 25.4. The monoisotopic (exact) mass is 508 g/mol. The SMILES string of the molecule is CC(=O)c1cccc(COc2ccccc2C2CC(c3ccc(F)cc3)=CC2C(=O)c2cccc(F)c2)c1. The molecule has 0 saturated heterocycles. The van der Waals surface area contributed by atoms with Crippen LogP contribution >= 0.6 is 0 Å². The van der Waals surface area contributed by atoms with Gasteiger partial charge >= 0.3 is 0 Å². The number of carbonyl (C=O) groups is 2. The van der Waals surface area contributed by atoms with Crippen molar-refractivity contribution in [3.8, 4) is 5.75 Å². The highest BCUT2D eigenvalue weighted by Gasteiger charge is 2.36. The second-order valence-corrected chi connectivity index (χ2v) is 9.49. The van der Waals surface area contributed by atoms with Crippen LogP contribution in [0.4, 0.5) is 8.78 Å². The Bertz CT molecular complexity index is 1520. The summed E-state index contributed by atoms with van der Waals surface area (Å²) in [5.74, 6) is -1.18. The molecule has 5 rings (SSSR count). The van der Waals surface area contributed by atoms with Gasteiger partial charge in [0.25, 0.3) is 0 Å². The van der Waals surface area contributed by atoms with Crippen LogP contribution in [-0.2, 0) is 6.61 Å². The summed E-state index contributed by atoms with van der Waals surface area (Å²) < 4.78 is 33.8. The largest absolute Gasteiger partial charge is 0.489 e. The van der Waals surface area contributed by atoms with Crippen LogP contribution in [-0.4, -0.2) is 11.6 Å². The van der Waals surface area contributed by atoms with Crippen molar-refractivity contribution in [3.63, 3.8) is 0 Å². The van der Waals surface area contributed by atoms with Crippen LogP contribution in [0.5, 0.6) is 5.75 Å². The number of ketones is 2. The molecule has 1 aliphatic carbocycles. The lowest BCUT2D eigenvalue weighted by molar-refractivity contribution is 0.0933. The summed E-state index contributed by atoms with van der Waals surface area (Å²) in [5, 5.41) is 0. The Kier molecular flexibility index (Phi) is 7.27. The number of benzene rings is 4. The van der Waals surface area contributed by atoms with Crippen LogP contribution in [0.15, 0.2) is 103 Å². The maximum absolute atomic E-state index is 14.0. The molecule has 0 heterocycles. The minimum absolute atomic E-state index is 0.0173. The number of rotatable bonds is 8. The van der Waals surface area contributed by atoms with Crippen LogP contribution < -0.4 is 4.74 Å². The van der Waals surface area contributed by atoms with E-state index in [1.807, 2.05) is 48.5 Å². The summed E-state index contributed by atoms with van der Waals surface area (Å²) >= 11 is 0. The average molecular weight is 509 g/mol. The van der Waals surface area contributed by atoms with E-state index in [2.05, 4.69) is 0 Å². The minimum atomic E-state index is -0.553. The van der Waals surface area contributed by atoms with Gasteiger partial charge in [-0.1, -0.05) is 66.7 Å². The molecule has 0 spiro atoms. The third-order valence-electron chi connectivity index (χ3n) is 6.93. The first-order valence-corrected chi connectivity index (χ1v) is 12.5. The zero-order valence-corrected chi connectivity index (χ0v) is 20.9. The number of carbonyl (C=O) groups excluding carboxylic acids is 2. The van der Waals surface area contributed by atoms with Gasteiger partial charge in [0.15, 0.2) is 11.6 Å². The van der Waals surface area contributed by atoms with E-state index in [1.54, 1.807) is 24.3 Å². The van der Waals surface area contributed by atoms with Gasteiger partial charge in [0.05, 0.1) is 0 Å². The van der Waals surface area contributed by atoms with Crippen LogP contribution in [0.3, 0.4) is 0 Å². The van der Waals surface area contributed by atoms with Crippen molar-refractivity contribution in [2.75, 3.05) is 0 Å². The van der Waals surface area contributed by atoms with Crippen molar-refractivity contribution in [2.24, 2.45) is 5.92 Å². The van der Waals surface area contributed by atoms with Gasteiger partial charge in [-0.25, -0.2) is 8.78 Å². The molecule has 0 saturated carbocycles. The lowest BCUT2D eigenvalue weighted by atomic mass is 9.82. The van der Waals surface area contributed by atoms with Gasteiger partial charge < -0.3 is 4.74 Å². The van der Waals surface area contributed by atoms with E-state index < -0.39 is 11.7 Å². The summed E-state index contributed by atoms with van der Waals surface area (Å²) in [5.41, 5.74) is 4.40. The fraction of sp³-hybridized carbons (Fsp3) is 0.152. The number of ether oxygens (including phenoxy) is 1. The zero-order chi connectivity index (χ0) is 26.6. The molecule has 3 nitrogen and oxygen atoms in total. The summed E-state index contributed by atoms with van der Waals surface area (Å²) in [7, 11) is 0. The molecule has 0 aliphatic heterocycles. The average Bonchev–Trinajstić information content (AvgIpc) is 3.37. The molecule has 0 fully saturated rings. The van der Waals surface area contributed by atoms with Crippen molar-refractivity contribution in [1.29, 1.82) is 0 Å². The Morgan fingerprint density at radius 3 is 2.32 bits per heavy atom. The van der Waals surface area contributed by atoms with Gasteiger partial charge in [-0.05, 0) is 72.0 Å². The van der Waals surface area contributed by atoms with E-state index in [1.165, 1.54) is 37.3 Å². The van der Waals surface area contributed by atoms with Crippen molar-refractivity contribution < 1.29 is 23.1 Å². The Hall–Kier alpha value is -4.38. The lowest BCUT2D eigenvalue weighted by Gasteiger charge is -2.22. The van der Waals surface area contributed by atoms with E-state index >= 15 is 0 Å². The van der Waals surface area contributed by atoms with Crippen molar-refractivity contribution in [1.82, 2.24) is 0 Å². The van der Waals surface area contributed by atoms with Crippen LogP contribution in [0.1, 0.15) is 56.7 Å². The van der Waals surface area contributed by atoms with Crippen molar-refractivity contribution in [2.45, 2.75) is 25.9 Å². The second-order valence-electron chi connectivity index (χ2n) is 9.49. The molecule has 4 aromatic carbocycles. The molecule has 2 unspecified atom stereocenters. The number of allylic oxidation sites excluding steroid dienone is 2. The van der Waals surface area contributed by atoms with E-state index in [4.69, 9.17) is 4.74 Å². The van der Waals surface area contributed by atoms with Gasteiger partial charge in [0, 0.05) is 23.0 Å². The van der Waals surface area contributed by atoms with E-state index in [0.29, 0.717) is 23.3 Å². The standard InChI is InChI=1S/C33H26F2O3/c1-21(36)24-7-4-6-22(16-24)20-38-32-11-3-2-10-29(32)30-18-26(23-12-14-27(34)15-13-23)19-31(30)33(37)25-8-5-9-28(35)17-25/h2-17,19,30-31H,18,20H2,1H3. The predicted molar refractivity (Wildman–Crippen MR) is 143 cm³/mol. The van der Waals surface area contributed by atoms with Crippen molar-refractivity contribution in [3.05, 3.63) is 143 Å². The molecule has 0 amide bonds. The molecule has 0 radical (unpaired) electrons. The van der Waals surface area contributed by atoms with E-state index in [0.717, 1.165) is 22.3 Å². The first-order valence-electron chi connectivity index (χ1n) is 12.5. The smallest absolute Gasteiger partial charge is 0.170 e. The van der Waals surface area contributed by atoms with E-state index in [-0.39, 0.29) is 29.9 Å². The fourth-order valence-corrected chi connectivity index (χ4v) is 5.00. The molecule has 0 aromatic heterocycles. The Morgan fingerprint density at radius 2 is 1.55 bits per heavy atom. The Labute approximate surface area is 220 Å². The molecule has 0 bridgehead atoms. The number of Topliss-reactive ketones (excluding diaryl/α,β-unsaturated/α-hetero) is 2. The van der Waals surface area contributed by atoms with Gasteiger partial charge in [0.1, 0.15) is 24.0 Å². The predicted octanol–water partition coefficient (Wildman–Crippen LogP) is 7.82. The molecule has 4 aromatic rings. The molecular formula is C33H26F2O3. The highest BCUT2D eigenvalue weighted by Crippen LogP contribution is 2.46. The normalized spacial score (nSPS) is 16.7. The fourth-order valence-electron chi connectivity index (χ4n) is 5.00. The third kappa shape index (κ3) is 5.47. The van der Waals surface area contributed by atoms with Gasteiger partial charge in [-0.3, -0.25) is 9.59 Å². The number of halogens is 2. The van der Waals surface area contributed by atoms with Crippen LogP contribution in [0, 0.1) is 17.6 Å². The summed E-state index contributed by atoms with van der Waals surface area (Å²) in [6, 6.07) is 26.8. The number of para-hydroxylation sites is 1. The lowest BCUT2D eigenvalue weighted by Crippen LogP contribution is -2.18. The topological polar surface area (TPSA) is 43.4 Å². The highest BCUT2D eigenvalue weighted by molar-refractivity contribution is 6.01. The Balaban J connectivity index is 1.48. The highest BCUT2D eigenvalue weighted by atomic mass is 19.1. The zero-order valence-electron chi connectivity index (χ0n) is 20.9. The summed E-state index contributed by atoms with van der Waals surface area (Å²) in [6.07, 6.45) is 2.45. The molecule has 38 heavy (non-hydrogen) atoms. The number of hydrogen-bond donors (Lipinski definition) is 0. The minimum Gasteiger partial charge on any atom is -0.489 e. The Morgan fingerprint density at radius 1 is 0.816 bits per heavy atom. The summed E-state index contributed by atoms with van der Waals surface area (Å²) in [6.45, 7) is 1.78. The molecule has 0 N–H and O–H groups in total. The first-order chi connectivity index (χ1) is 18.4. The maximum Gasteiger partial charge on any atom is 0.170 e. The van der Waals surface area contributed by atoms with Crippen LogP contribution in [0.2, 0.25) is 0 Å². The molecule has 1 aliphatic rings. The second kappa shape index (κ2) is 10.9. The number of hydrogen-bond acceptors (Lipinski definition) is 3. The molecule has 2 atom stereocenters. The van der Waals surface area contributed by atoms with Gasteiger partial charge in [-0.2, -0.15) is 0 Å². The quantitative estimate of drug-likeness (QED) is 0.228. The third-order valence-corrected chi connectivity index (χ3v) is 6.93. The van der Waals surface area contributed by atoms with E-state index in [9.17, 15) is 18.4 Å².